The molecule has 6 nitrogen and oxygen atoms in total. The molecule has 1 N–H and O–H groups in total. The lowest BCUT2D eigenvalue weighted by Crippen LogP contribution is -2.44. The molecule has 3 rings (SSSR count). The van der Waals surface area contributed by atoms with E-state index in [4.69, 9.17) is 4.74 Å². The minimum Gasteiger partial charge on any atom is -0.375 e. The summed E-state index contributed by atoms with van der Waals surface area (Å²) in [6.07, 6.45) is 0.929. The first kappa shape index (κ1) is 16.9. The third-order valence-corrected chi connectivity index (χ3v) is 4.64. The molecule has 0 radical (unpaired) electrons. The van der Waals surface area contributed by atoms with Crippen LogP contribution in [0.1, 0.15) is 35.6 Å². The molecule has 1 unspecified atom stereocenters. The Balaban J connectivity index is 1.63. The lowest BCUT2D eigenvalue weighted by molar-refractivity contribution is -0.0124. The fraction of sp³-hybridized carbons (Fsp3) is 0.471. The Kier molecular flexibility index (Phi) is 5.42. The van der Waals surface area contributed by atoms with Crippen molar-refractivity contribution in [3.05, 3.63) is 41.2 Å². The van der Waals surface area contributed by atoms with Crippen LogP contribution >= 0.6 is 11.5 Å². The van der Waals surface area contributed by atoms with Crippen molar-refractivity contribution in [1.29, 1.82) is 0 Å². The van der Waals surface area contributed by atoms with Gasteiger partial charge in [-0.05, 0) is 24.6 Å². The van der Waals surface area contributed by atoms with Gasteiger partial charge in [0.1, 0.15) is 5.82 Å². The van der Waals surface area contributed by atoms with Gasteiger partial charge in [0.25, 0.3) is 5.91 Å². The average molecular weight is 346 g/mol. The summed E-state index contributed by atoms with van der Waals surface area (Å²) < 4.78 is 9.76. The van der Waals surface area contributed by atoms with Crippen molar-refractivity contribution in [3.63, 3.8) is 0 Å². The number of hydrogen-bond acceptors (Lipinski definition) is 6. The van der Waals surface area contributed by atoms with Crippen molar-refractivity contribution >= 4 is 22.6 Å². The van der Waals surface area contributed by atoms with Crippen LogP contribution in [0.4, 0.5) is 5.13 Å². The molecule has 2 heterocycles. The monoisotopic (exact) mass is 346 g/mol. The van der Waals surface area contributed by atoms with E-state index >= 15 is 0 Å². The Morgan fingerprint density at radius 3 is 3.12 bits per heavy atom. The van der Waals surface area contributed by atoms with Crippen LogP contribution < -0.4 is 5.32 Å². The number of hydrogen-bond donors (Lipinski definition) is 1. The van der Waals surface area contributed by atoms with Crippen molar-refractivity contribution in [1.82, 2.24) is 14.3 Å². The summed E-state index contributed by atoms with van der Waals surface area (Å²) >= 11 is 1.37. The van der Waals surface area contributed by atoms with E-state index < -0.39 is 0 Å². The maximum atomic E-state index is 12.6. The van der Waals surface area contributed by atoms with E-state index in [2.05, 4.69) is 14.7 Å². The van der Waals surface area contributed by atoms with Crippen LogP contribution in [0.25, 0.3) is 0 Å². The molecule has 0 aliphatic carbocycles. The van der Waals surface area contributed by atoms with E-state index in [1.165, 1.54) is 11.5 Å². The predicted molar refractivity (Wildman–Crippen MR) is 94.4 cm³/mol. The van der Waals surface area contributed by atoms with Crippen molar-refractivity contribution < 1.29 is 9.53 Å². The van der Waals surface area contributed by atoms with Crippen molar-refractivity contribution in [2.24, 2.45) is 0 Å². The van der Waals surface area contributed by atoms with Gasteiger partial charge < -0.3 is 15.0 Å². The summed E-state index contributed by atoms with van der Waals surface area (Å²) in [5.41, 5.74) is 1.77. The zero-order chi connectivity index (χ0) is 16.9. The van der Waals surface area contributed by atoms with Gasteiger partial charge in [0.15, 0.2) is 0 Å². The number of ether oxygens (including phenoxy) is 1. The molecule has 0 spiro atoms. The fourth-order valence-electron chi connectivity index (χ4n) is 2.65. The van der Waals surface area contributed by atoms with Crippen molar-refractivity contribution in [2.75, 3.05) is 25.0 Å². The third-order valence-electron chi connectivity index (χ3n) is 3.93. The lowest BCUT2D eigenvalue weighted by atomic mass is 10.1. The number of nitrogens with zero attached hydrogens (tertiary/aromatic N) is 3. The molecular weight excluding hydrogens is 324 g/mol. The Hall–Kier alpha value is -1.99. The number of anilines is 1. The van der Waals surface area contributed by atoms with Gasteiger partial charge in [-0.1, -0.05) is 19.1 Å². The molecule has 0 saturated carbocycles. The largest absolute Gasteiger partial charge is 0.375 e. The summed E-state index contributed by atoms with van der Waals surface area (Å²) in [6, 6.07) is 7.74. The first-order valence-corrected chi connectivity index (χ1v) is 8.99. The first-order valence-electron chi connectivity index (χ1n) is 8.22. The van der Waals surface area contributed by atoms with Gasteiger partial charge in [0, 0.05) is 43.2 Å². The molecule has 1 aliphatic rings. The molecule has 1 aliphatic heterocycles. The summed E-state index contributed by atoms with van der Waals surface area (Å²) in [5, 5.41) is 4.08. The predicted octanol–water partition coefficient (Wildman–Crippen LogP) is 2.57. The Morgan fingerprint density at radius 1 is 1.50 bits per heavy atom. The quantitative estimate of drug-likeness (QED) is 0.901. The molecule has 24 heavy (non-hydrogen) atoms. The first-order chi connectivity index (χ1) is 11.7. The number of morpholine rings is 1. The molecule has 1 saturated heterocycles. The number of aryl methyl sites for hydroxylation is 1. The van der Waals surface area contributed by atoms with Crippen molar-refractivity contribution in [3.8, 4) is 0 Å². The normalized spacial score (nSPS) is 17.8. The van der Waals surface area contributed by atoms with Gasteiger partial charge in [0.05, 0.1) is 12.7 Å². The maximum Gasteiger partial charge on any atom is 0.254 e. The number of benzene rings is 1. The van der Waals surface area contributed by atoms with E-state index in [0.29, 0.717) is 26.2 Å². The van der Waals surface area contributed by atoms with Gasteiger partial charge in [-0.3, -0.25) is 4.79 Å². The van der Waals surface area contributed by atoms with E-state index in [0.717, 1.165) is 28.5 Å². The van der Waals surface area contributed by atoms with Crippen molar-refractivity contribution in [2.45, 2.75) is 32.9 Å². The molecule has 0 bridgehead atoms. The number of rotatable bonds is 5. The third kappa shape index (κ3) is 4.10. The number of amides is 1. The zero-order valence-corrected chi connectivity index (χ0v) is 14.8. The minimum atomic E-state index is 0.0659. The minimum absolute atomic E-state index is 0.0659. The highest BCUT2D eigenvalue weighted by Gasteiger charge is 2.22. The van der Waals surface area contributed by atoms with E-state index in [9.17, 15) is 4.79 Å². The van der Waals surface area contributed by atoms with E-state index in [-0.39, 0.29) is 12.0 Å². The van der Waals surface area contributed by atoms with Gasteiger partial charge in [-0.2, -0.15) is 4.37 Å². The van der Waals surface area contributed by atoms with Gasteiger partial charge in [-0.25, -0.2) is 4.98 Å². The second-order valence-corrected chi connectivity index (χ2v) is 6.61. The van der Waals surface area contributed by atoms with Crippen LogP contribution in [0.3, 0.4) is 0 Å². The summed E-state index contributed by atoms with van der Waals surface area (Å²) in [4.78, 5) is 18.9. The second kappa shape index (κ2) is 7.72. The van der Waals surface area contributed by atoms with E-state index in [1.54, 1.807) is 0 Å². The molecule has 128 valence electrons. The zero-order valence-electron chi connectivity index (χ0n) is 14.0. The number of carbonyl (C=O) groups excluding carboxylic acids is 1. The summed E-state index contributed by atoms with van der Waals surface area (Å²) in [6.45, 7) is 6.55. The fourth-order valence-corrected chi connectivity index (χ4v) is 3.29. The van der Waals surface area contributed by atoms with Crippen LogP contribution in [0, 0.1) is 0 Å². The van der Waals surface area contributed by atoms with Gasteiger partial charge in [-0.15, -0.1) is 0 Å². The molecule has 1 aromatic carbocycles. The standard InChI is InChI=1S/C17H22N4O2S/c1-3-15-19-17(24-20-15)18-10-13-5-4-6-14(9-13)16(22)21-7-8-23-12(2)11-21/h4-6,9,12H,3,7-8,10-11H2,1-2H3,(H,18,19,20). The van der Waals surface area contributed by atoms with Crippen LogP contribution in [0.5, 0.6) is 0 Å². The number of aromatic nitrogens is 2. The van der Waals surface area contributed by atoms with Crippen LogP contribution in [-0.4, -0.2) is 46.0 Å². The van der Waals surface area contributed by atoms with Crippen LogP contribution in [0.2, 0.25) is 0 Å². The Bertz CT molecular complexity index is 703. The van der Waals surface area contributed by atoms with Crippen LogP contribution in [-0.2, 0) is 17.7 Å². The van der Waals surface area contributed by atoms with Gasteiger partial charge in [0.2, 0.25) is 5.13 Å². The summed E-state index contributed by atoms with van der Waals surface area (Å²) in [7, 11) is 0. The summed E-state index contributed by atoms with van der Waals surface area (Å²) in [5.74, 6) is 0.920. The second-order valence-electron chi connectivity index (χ2n) is 5.86. The van der Waals surface area contributed by atoms with Gasteiger partial charge >= 0.3 is 0 Å². The molecule has 1 atom stereocenters. The van der Waals surface area contributed by atoms with Crippen LogP contribution in [0.15, 0.2) is 24.3 Å². The maximum absolute atomic E-state index is 12.6. The molecule has 1 fully saturated rings. The molecule has 2 aromatic rings. The number of nitrogens with one attached hydrogen (secondary N) is 1. The smallest absolute Gasteiger partial charge is 0.254 e. The topological polar surface area (TPSA) is 67.4 Å². The SMILES string of the molecule is CCc1nsc(NCc2cccc(C(=O)N3CCOC(C)C3)c2)n1. The van der Waals surface area contributed by atoms with E-state index in [1.807, 2.05) is 43.0 Å². The molecule has 1 amide bonds. The highest BCUT2D eigenvalue weighted by atomic mass is 32.1. The molecule has 1 aromatic heterocycles. The molecular formula is C17H22N4O2S. The highest BCUT2D eigenvalue weighted by molar-refractivity contribution is 7.09. The Labute approximate surface area is 146 Å². The highest BCUT2D eigenvalue weighted by Crippen LogP contribution is 2.15. The average Bonchev–Trinajstić information content (AvgIpc) is 3.08. The number of carbonyl (C=O) groups is 1. The molecule has 7 heteroatoms. The Morgan fingerprint density at radius 2 is 2.38 bits per heavy atom. The lowest BCUT2D eigenvalue weighted by Gasteiger charge is -2.31.